The minimum atomic E-state index is -0.101. The zero-order valence-corrected chi connectivity index (χ0v) is 10.9. The highest BCUT2D eigenvalue weighted by Crippen LogP contribution is 2.35. The van der Waals surface area contributed by atoms with Crippen molar-refractivity contribution in [2.75, 3.05) is 0 Å². The minimum Gasteiger partial charge on any atom is -0.392 e. The van der Waals surface area contributed by atoms with Crippen LogP contribution in [-0.4, -0.2) is 10.1 Å². The van der Waals surface area contributed by atoms with Crippen LogP contribution in [0.25, 0.3) is 11.3 Å². The number of nitrogens with zero attached hydrogens (tertiary/aromatic N) is 1. The van der Waals surface area contributed by atoms with E-state index in [-0.39, 0.29) is 6.61 Å². The van der Waals surface area contributed by atoms with Crippen molar-refractivity contribution in [3.63, 3.8) is 0 Å². The van der Waals surface area contributed by atoms with Crippen LogP contribution in [0.1, 0.15) is 5.56 Å². The zero-order valence-electron chi connectivity index (χ0n) is 8.62. The Morgan fingerprint density at radius 1 is 1.12 bits per heavy atom. The molecule has 0 aliphatic rings. The van der Waals surface area contributed by atoms with E-state index in [2.05, 4.69) is 4.98 Å². The van der Waals surface area contributed by atoms with E-state index >= 15 is 0 Å². The highest BCUT2D eigenvalue weighted by molar-refractivity contribution is 6.44. The third kappa shape index (κ3) is 2.55. The molecule has 0 saturated carbocycles. The van der Waals surface area contributed by atoms with Gasteiger partial charge in [0.15, 0.2) is 0 Å². The van der Waals surface area contributed by atoms with Crippen molar-refractivity contribution in [1.29, 1.82) is 0 Å². The Bertz CT molecular complexity index is 557. The Labute approximate surface area is 114 Å². The number of aliphatic hydroxyl groups excluding tert-OH is 1. The van der Waals surface area contributed by atoms with Crippen LogP contribution in [-0.2, 0) is 6.61 Å². The van der Waals surface area contributed by atoms with Crippen molar-refractivity contribution in [2.45, 2.75) is 6.61 Å². The predicted octanol–water partition coefficient (Wildman–Crippen LogP) is 4.20. The molecule has 17 heavy (non-hydrogen) atoms. The van der Waals surface area contributed by atoms with Gasteiger partial charge in [0.2, 0.25) is 0 Å². The fraction of sp³-hybridized carbons (Fsp3) is 0.0833. The average Bonchev–Trinajstić information content (AvgIpc) is 2.33. The number of rotatable bonds is 2. The third-order valence-corrected chi connectivity index (χ3v) is 3.39. The summed E-state index contributed by atoms with van der Waals surface area (Å²) in [6.45, 7) is -0.101. The first-order valence-electron chi connectivity index (χ1n) is 4.83. The maximum atomic E-state index is 8.98. The molecule has 0 bridgehead atoms. The van der Waals surface area contributed by atoms with Gasteiger partial charge >= 0.3 is 0 Å². The van der Waals surface area contributed by atoms with E-state index in [1.54, 1.807) is 30.5 Å². The number of aliphatic hydroxyl groups is 1. The number of pyridine rings is 1. The second kappa shape index (κ2) is 5.23. The summed E-state index contributed by atoms with van der Waals surface area (Å²) in [5.41, 5.74) is 1.88. The number of halogens is 3. The van der Waals surface area contributed by atoms with Gasteiger partial charge in [-0.1, -0.05) is 46.9 Å². The second-order valence-electron chi connectivity index (χ2n) is 3.43. The molecule has 5 heteroatoms. The number of hydrogen-bond acceptors (Lipinski definition) is 2. The highest BCUT2D eigenvalue weighted by Gasteiger charge is 2.11. The lowest BCUT2D eigenvalue weighted by Gasteiger charge is -2.08. The summed E-state index contributed by atoms with van der Waals surface area (Å²) >= 11 is 18.1. The van der Waals surface area contributed by atoms with Crippen LogP contribution >= 0.6 is 34.8 Å². The Balaban J connectivity index is 2.57. The van der Waals surface area contributed by atoms with E-state index < -0.39 is 0 Å². The molecule has 0 aliphatic carbocycles. The van der Waals surface area contributed by atoms with Gasteiger partial charge in [-0.25, -0.2) is 0 Å². The molecule has 0 radical (unpaired) electrons. The number of aromatic nitrogens is 1. The first-order valence-corrected chi connectivity index (χ1v) is 5.96. The van der Waals surface area contributed by atoms with Gasteiger partial charge in [0, 0.05) is 11.8 Å². The summed E-state index contributed by atoms with van der Waals surface area (Å²) in [6.07, 6.45) is 1.55. The molecule has 0 aliphatic heterocycles. The van der Waals surface area contributed by atoms with E-state index in [0.29, 0.717) is 31.9 Å². The molecular weight excluding hydrogens is 280 g/mol. The Kier molecular flexibility index (Phi) is 3.89. The second-order valence-corrected chi connectivity index (χ2v) is 4.63. The average molecular weight is 289 g/mol. The van der Waals surface area contributed by atoms with Crippen molar-refractivity contribution in [3.8, 4) is 11.3 Å². The molecule has 2 rings (SSSR count). The molecule has 1 heterocycles. The van der Waals surface area contributed by atoms with Crippen molar-refractivity contribution >= 4 is 34.8 Å². The molecule has 2 nitrogen and oxygen atoms in total. The first-order chi connectivity index (χ1) is 8.13. The molecule has 0 atom stereocenters. The topological polar surface area (TPSA) is 33.1 Å². The van der Waals surface area contributed by atoms with Crippen LogP contribution in [0.3, 0.4) is 0 Å². The van der Waals surface area contributed by atoms with Crippen LogP contribution in [0.15, 0.2) is 30.5 Å². The molecule has 0 fully saturated rings. The molecular formula is C12H8Cl3NO. The Morgan fingerprint density at radius 3 is 2.53 bits per heavy atom. The lowest BCUT2D eigenvalue weighted by molar-refractivity contribution is 0.281. The molecule has 1 N–H and O–H groups in total. The summed E-state index contributed by atoms with van der Waals surface area (Å²) in [6, 6.07) is 6.92. The van der Waals surface area contributed by atoms with E-state index in [0.717, 1.165) is 0 Å². The maximum absolute atomic E-state index is 8.98. The van der Waals surface area contributed by atoms with Crippen molar-refractivity contribution in [3.05, 3.63) is 51.1 Å². The third-order valence-electron chi connectivity index (χ3n) is 2.29. The van der Waals surface area contributed by atoms with Gasteiger partial charge in [0.25, 0.3) is 0 Å². The van der Waals surface area contributed by atoms with E-state index in [1.807, 2.05) is 0 Å². The summed E-state index contributed by atoms with van der Waals surface area (Å²) < 4.78 is 0. The first kappa shape index (κ1) is 12.7. The molecule has 0 spiro atoms. The van der Waals surface area contributed by atoms with Crippen LogP contribution < -0.4 is 0 Å². The molecule has 0 saturated heterocycles. The fourth-order valence-electron chi connectivity index (χ4n) is 1.45. The SMILES string of the molecule is OCc1cnc(-c2cccc(Cl)c2Cl)c(Cl)c1. The van der Waals surface area contributed by atoms with Gasteiger partial charge < -0.3 is 5.11 Å². The predicted molar refractivity (Wildman–Crippen MR) is 70.6 cm³/mol. The molecule has 0 amide bonds. The van der Waals surface area contributed by atoms with Crippen molar-refractivity contribution in [1.82, 2.24) is 4.98 Å². The fourth-order valence-corrected chi connectivity index (χ4v) is 2.13. The van der Waals surface area contributed by atoms with Crippen LogP contribution in [0.4, 0.5) is 0 Å². The molecule has 88 valence electrons. The zero-order chi connectivity index (χ0) is 12.4. The van der Waals surface area contributed by atoms with E-state index in [1.165, 1.54) is 0 Å². The number of benzene rings is 1. The van der Waals surface area contributed by atoms with Crippen molar-refractivity contribution < 1.29 is 5.11 Å². The standard InChI is InChI=1S/C12H8Cl3NO/c13-9-3-1-2-8(11(9)15)12-10(14)4-7(6-17)5-16-12/h1-5,17H,6H2. The lowest BCUT2D eigenvalue weighted by Crippen LogP contribution is -1.91. The smallest absolute Gasteiger partial charge is 0.0903 e. The van der Waals surface area contributed by atoms with Crippen LogP contribution in [0.2, 0.25) is 15.1 Å². The van der Waals surface area contributed by atoms with E-state index in [9.17, 15) is 0 Å². The summed E-state index contributed by atoms with van der Waals surface area (Å²) in [4.78, 5) is 4.19. The maximum Gasteiger partial charge on any atom is 0.0903 e. The van der Waals surface area contributed by atoms with Gasteiger partial charge in [0.1, 0.15) is 0 Å². The molecule has 1 aromatic carbocycles. The largest absolute Gasteiger partial charge is 0.392 e. The Hall–Kier alpha value is -0.800. The van der Waals surface area contributed by atoms with Gasteiger partial charge in [-0.3, -0.25) is 4.98 Å². The van der Waals surface area contributed by atoms with E-state index in [4.69, 9.17) is 39.9 Å². The van der Waals surface area contributed by atoms with Crippen molar-refractivity contribution in [2.24, 2.45) is 0 Å². The Morgan fingerprint density at radius 2 is 1.88 bits per heavy atom. The van der Waals surface area contributed by atoms with Gasteiger partial charge in [-0.2, -0.15) is 0 Å². The van der Waals surface area contributed by atoms with Crippen LogP contribution in [0.5, 0.6) is 0 Å². The van der Waals surface area contributed by atoms with Gasteiger partial charge in [-0.15, -0.1) is 0 Å². The number of hydrogen-bond donors (Lipinski definition) is 1. The minimum absolute atomic E-state index is 0.101. The summed E-state index contributed by atoms with van der Waals surface area (Å²) in [5.74, 6) is 0. The normalized spacial score (nSPS) is 10.6. The van der Waals surface area contributed by atoms with Gasteiger partial charge in [0.05, 0.1) is 27.4 Å². The molecule has 0 unspecified atom stereocenters. The van der Waals surface area contributed by atoms with Crippen LogP contribution in [0, 0.1) is 0 Å². The lowest BCUT2D eigenvalue weighted by atomic mass is 10.1. The summed E-state index contributed by atoms with van der Waals surface area (Å²) in [5, 5.41) is 10.3. The molecule has 2 aromatic rings. The highest BCUT2D eigenvalue weighted by atomic mass is 35.5. The monoisotopic (exact) mass is 287 g/mol. The summed E-state index contributed by atoms with van der Waals surface area (Å²) in [7, 11) is 0. The quantitative estimate of drug-likeness (QED) is 0.898. The van der Waals surface area contributed by atoms with Gasteiger partial charge in [-0.05, 0) is 17.7 Å². The molecule has 1 aromatic heterocycles.